The highest BCUT2D eigenvalue weighted by molar-refractivity contribution is 5.91. The number of halogens is 3. The maximum Gasteiger partial charge on any atom is 0.429 e. The van der Waals surface area contributed by atoms with Gasteiger partial charge < -0.3 is 4.90 Å². The zero-order valence-corrected chi connectivity index (χ0v) is 8.64. The molecule has 2 nitrogen and oxygen atoms in total. The van der Waals surface area contributed by atoms with Gasteiger partial charge in [0.15, 0.2) is 0 Å². The van der Waals surface area contributed by atoms with Crippen molar-refractivity contribution in [2.45, 2.75) is 25.4 Å². The van der Waals surface area contributed by atoms with Crippen molar-refractivity contribution in [2.24, 2.45) is 4.99 Å². The Kier molecular flexibility index (Phi) is 2.90. The van der Waals surface area contributed by atoms with E-state index < -0.39 is 11.9 Å². The molecule has 0 aromatic heterocycles. The lowest BCUT2D eigenvalue weighted by Crippen LogP contribution is -2.31. The fourth-order valence-corrected chi connectivity index (χ4v) is 1.69. The van der Waals surface area contributed by atoms with Crippen LogP contribution >= 0.6 is 0 Å². The van der Waals surface area contributed by atoms with Gasteiger partial charge in [-0.2, -0.15) is 13.2 Å². The Morgan fingerprint density at radius 3 is 2.75 bits per heavy atom. The summed E-state index contributed by atoms with van der Waals surface area (Å²) >= 11 is 0. The summed E-state index contributed by atoms with van der Waals surface area (Å²) in [7, 11) is 0. The number of allylic oxidation sites excluding steroid dienone is 1. The van der Waals surface area contributed by atoms with Gasteiger partial charge in [0.25, 0.3) is 0 Å². The van der Waals surface area contributed by atoms with E-state index in [9.17, 15) is 13.2 Å². The number of nitrogens with zero attached hydrogens (tertiary/aromatic N) is 2. The molecule has 0 aromatic rings. The van der Waals surface area contributed by atoms with Crippen LogP contribution in [0, 0.1) is 11.8 Å². The molecule has 0 saturated heterocycles. The van der Waals surface area contributed by atoms with Crippen molar-refractivity contribution in [3.05, 3.63) is 11.9 Å². The molecule has 0 unspecified atom stereocenters. The second kappa shape index (κ2) is 4.20. The Hall–Kier alpha value is -1.44. The first-order valence-corrected chi connectivity index (χ1v) is 5.13. The zero-order valence-electron chi connectivity index (χ0n) is 8.64. The van der Waals surface area contributed by atoms with E-state index in [1.165, 1.54) is 0 Å². The topological polar surface area (TPSA) is 15.6 Å². The van der Waals surface area contributed by atoms with Crippen molar-refractivity contribution in [1.82, 2.24) is 4.90 Å². The van der Waals surface area contributed by atoms with E-state index >= 15 is 0 Å². The number of rotatable bonds is 1. The van der Waals surface area contributed by atoms with Crippen LogP contribution in [0.2, 0.25) is 0 Å². The first kappa shape index (κ1) is 11.1. The summed E-state index contributed by atoms with van der Waals surface area (Å²) in [6.45, 7) is 1.13. The highest BCUT2D eigenvalue weighted by atomic mass is 19.4. The lowest BCUT2D eigenvalue weighted by Gasteiger charge is -2.26. The second-order valence-corrected chi connectivity index (χ2v) is 3.68. The summed E-state index contributed by atoms with van der Waals surface area (Å²) in [5.74, 6) is 6.20. The van der Waals surface area contributed by atoms with Gasteiger partial charge in [0, 0.05) is 13.0 Å². The molecule has 2 aliphatic heterocycles. The predicted molar refractivity (Wildman–Crippen MR) is 54.8 cm³/mol. The normalized spacial score (nSPS) is 20.8. The van der Waals surface area contributed by atoms with E-state index in [2.05, 4.69) is 16.8 Å². The van der Waals surface area contributed by atoms with Crippen molar-refractivity contribution in [3.63, 3.8) is 0 Å². The van der Waals surface area contributed by atoms with Crippen LogP contribution < -0.4 is 0 Å². The highest BCUT2D eigenvalue weighted by Crippen LogP contribution is 2.26. The third kappa shape index (κ3) is 2.38. The number of aliphatic imine (C=N–C) groups is 1. The van der Waals surface area contributed by atoms with Crippen LogP contribution in [0.3, 0.4) is 0 Å². The van der Waals surface area contributed by atoms with Gasteiger partial charge in [-0.1, -0.05) is 11.8 Å². The molecular formula is C11H11F3N2. The third-order valence-corrected chi connectivity index (χ3v) is 2.51. The minimum atomic E-state index is -4.30. The first-order chi connectivity index (χ1) is 7.57. The van der Waals surface area contributed by atoms with E-state index in [0.29, 0.717) is 31.8 Å². The molecule has 0 fully saturated rings. The molecule has 86 valence electrons. The van der Waals surface area contributed by atoms with Gasteiger partial charge in [0.1, 0.15) is 11.5 Å². The monoisotopic (exact) mass is 228 g/mol. The average Bonchev–Trinajstić information content (AvgIpc) is 2.29. The summed E-state index contributed by atoms with van der Waals surface area (Å²) in [4.78, 5) is 5.48. The molecule has 0 radical (unpaired) electrons. The van der Waals surface area contributed by atoms with Gasteiger partial charge in [-0.05, 0) is 18.9 Å². The Morgan fingerprint density at radius 1 is 1.31 bits per heavy atom. The quantitative estimate of drug-likeness (QED) is 0.629. The lowest BCUT2D eigenvalue weighted by atomic mass is 10.1. The van der Waals surface area contributed by atoms with E-state index in [1.54, 1.807) is 11.0 Å². The average molecular weight is 228 g/mol. The second-order valence-electron chi connectivity index (χ2n) is 3.68. The summed E-state index contributed by atoms with van der Waals surface area (Å²) < 4.78 is 37.4. The molecule has 2 rings (SSSR count). The van der Waals surface area contributed by atoms with Crippen LogP contribution in [0.4, 0.5) is 13.2 Å². The van der Waals surface area contributed by atoms with Crippen LogP contribution in [-0.2, 0) is 0 Å². The standard InChI is InChI=1S/C11H11F3N2/c12-11(13,14)9-5-4-6-10(15-9)16-7-2-1-3-8-16/h6H,2,4-5,7-8H2. The molecule has 0 amide bonds. The molecule has 5 heteroatoms. The zero-order chi connectivity index (χ0) is 11.6. The molecule has 0 atom stereocenters. The molecular weight excluding hydrogens is 217 g/mol. The van der Waals surface area contributed by atoms with Gasteiger partial charge in [0.2, 0.25) is 0 Å². The maximum atomic E-state index is 12.5. The van der Waals surface area contributed by atoms with Crippen molar-refractivity contribution in [2.75, 3.05) is 13.1 Å². The van der Waals surface area contributed by atoms with Crippen LogP contribution in [0.25, 0.3) is 0 Å². The molecule has 2 heterocycles. The molecule has 0 bridgehead atoms. The lowest BCUT2D eigenvalue weighted by molar-refractivity contribution is -0.0608. The largest absolute Gasteiger partial charge is 0.429 e. The smallest absolute Gasteiger partial charge is 0.345 e. The molecule has 0 saturated carbocycles. The summed E-state index contributed by atoms with van der Waals surface area (Å²) in [6.07, 6.45) is -1.48. The fourth-order valence-electron chi connectivity index (χ4n) is 1.69. The maximum absolute atomic E-state index is 12.5. The number of hydrogen-bond acceptors (Lipinski definition) is 2. The minimum absolute atomic E-state index is 0.0213. The van der Waals surface area contributed by atoms with Crippen molar-refractivity contribution < 1.29 is 13.2 Å². The van der Waals surface area contributed by atoms with Crippen molar-refractivity contribution in [1.29, 1.82) is 0 Å². The minimum Gasteiger partial charge on any atom is -0.345 e. The van der Waals surface area contributed by atoms with Gasteiger partial charge in [-0.15, -0.1) is 0 Å². The molecule has 0 aromatic carbocycles. The van der Waals surface area contributed by atoms with Crippen molar-refractivity contribution in [3.8, 4) is 11.8 Å². The third-order valence-electron chi connectivity index (χ3n) is 2.51. The Labute approximate surface area is 91.8 Å². The number of hydrogen-bond donors (Lipinski definition) is 0. The predicted octanol–water partition coefficient (Wildman–Crippen LogP) is 2.33. The van der Waals surface area contributed by atoms with E-state index in [4.69, 9.17) is 0 Å². The molecule has 0 aliphatic carbocycles. The van der Waals surface area contributed by atoms with Gasteiger partial charge >= 0.3 is 6.18 Å². The van der Waals surface area contributed by atoms with Gasteiger partial charge in [-0.3, -0.25) is 0 Å². The van der Waals surface area contributed by atoms with Crippen LogP contribution in [-0.4, -0.2) is 29.9 Å². The summed E-state index contributed by atoms with van der Waals surface area (Å²) in [5.41, 5.74) is -0.677. The van der Waals surface area contributed by atoms with Crippen LogP contribution in [0.5, 0.6) is 0 Å². The number of alkyl halides is 3. The summed E-state index contributed by atoms with van der Waals surface area (Å²) in [5, 5.41) is 0. The van der Waals surface area contributed by atoms with Crippen LogP contribution in [0.15, 0.2) is 16.9 Å². The first-order valence-electron chi connectivity index (χ1n) is 5.13. The molecule has 16 heavy (non-hydrogen) atoms. The Balaban J connectivity index is 2.15. The molecule has 2 aliphatic rings. The molecule has 0 spiro atoms. The summed E-state index contributed by atoms with van der Waals surface area (Å²) in [6, 6.07) is 0. The van der Waals surface area contributed by atoms with E-state index in [-0.39, 0.29) is 6.42 Å². The van der Waals surface area contributed by atoms with Gasteiger partial charge in [-0.25, -0.2) is 4.99 Å². The van der Waals surface area contributed by atoms with E-state index in [1.807, 2.05) is 0 Å². The fraction of sp³-hybridized carbons (Fsp3) is 0.545. The Bertz CT molecular complexity index is 396. The van der Waals surface area contributed by atoms with Crippen molar-refractivity contribution >= 4 is 5.71 Å². The van der Waals surface area contributed by atoms with E-state index in [0.717, 1.165) is 0 Å². The SMILES string of the molecule is FC(F)(F)C1=NC(N2CC#CCC2)=CCC1. The molecule has 0 N–H and O–H groups in total. The van der Waals surface area contributed by atoms with Gasteiger partial charge in [0.05, 0.1) is 6.54 Å². The Morgan fingerprint density at radius 2 is 2.12 bits per heavy atom. The highest BCUT2D eigenvalue weighted by Gasteiger charge is 2.36. The van der Waals surface area contributed by atoms with Crippen LogP contribution in [0.1, 0.15) is 19.3 Å².